The largest absolute Gasteiger partial charge is 0.336 e. The van der Waals surface area contributed by atoms with Crippen LogP contribution in [0, 0.1) is 11.8 Å². The molecule has 0 N–H and O–H groups in total. The molecular formula is C18H29NO. The van der Waals surface area contributed by atoms with E-state index in [0.717, 1.165) is 12.5 Å². The fraction of sp³-hybridized carbons (Fsp3) is 0.833. The van der Waals surface area contributed by atoms with Gasteiger partial charge in [0.2, 0.25) is 5.91 Å². The Morgan fingerprint density at radius 3 is 2.10 bits per heavy atom. The molecule has 2 aliphatic carbocycles. The average molecular weight is 275 g/mol. The maximum atomic E-state index is 12.4. The van der Waals surface area contributed by atoms with Gasteiger partial charge in [-0.15, -0.1) is 0 Å². The number of likely N-dealkylation sites (tertiary alicyclic amines) is 1. The second kappa shape index (κ2) is 6.78. The van der Waals surface area contributed by atoms with Crippen molar-refractivity contribution < 1.29 is 4.79 Å². The quantitative estimate of drug-likeness (QED) is 0.703. The highest BCUT2D eigenvalue weighted by molar-refractivity contribution is 5.88. The Balaban J connectivity index is 1.50. The smallest absolute Gasteiger partial charge is 0.246 e. The summed E-state index contributed by atoms with van der Waals surface area (Å²) in [4.78, 5) is 14.5. The summed E-state index contributed by atoms with van der Waals surface area (Å²) in [7, 11) is 0. The topological polar surface area (TPSA) is 20.3 Å². The molecule has 1 saturated heterocycles. The number of amides is 1. The normalized spacial score (nSPS) is 29.6. The Bertz CT molecular complexity index is 350. The molecule has 1 amide bonds. The van der Waals surface area contributed by atoms with Crippen LogP contribution in [0.5, 0.6) is 0 Å². The second-order valence-electron chi connectivity index (χ2n) is 7.04. The van der Waals surface area contributed by atoms with E-state index in [1.807, 2.05) is 6.08 Å². The highest BCUT2D eigenvalue weighted by atomic mass is 16.2. The molecule has 3 fully saturated rings. The minimum absolute atomic E-state index is 0.289. The predicted molar refractivity (Wildman–Crippen MR) is 82.4 cm³/mol. The van der Waals surface area contributed by atoms with E-state index in [9.17, 15) is 4.79 Å². The van der Waals surface area contributed by atoms with Crippen molar-refractivity contribution in [3.05, 3.63) is 12.2 Å². The lowest BCUT2D eigenvalue weighted by molar-refractivity contribution is -0.136. The van der Waals surface area contributed by atoms with Crippen molar-refractivity contribution in [3.8, 4) is 0 Å². The van der Waals surface area contributed by atoms with Crippen LogP contribution in [0.15, 0.2) is 12.2 Å². The summed E-state index contributed by atoms with van der Waals surface area (Å²) in [6.45, 7) is 0.995. The van der Waals surface area contributed by atoms with Gasteiger partial charge in [-0.2, -0.15) is 0 Å². The standard InChI is InChI=1S/C18H29NO/c20-18(12-11-15-7-3-1-4-8-15)19-14-13-17(19)16-9-5-2-6-10-16/h11-12,15-17H,1-10,13-14H2/b12-11+. The van der Waals surface area contributed by atoms with E-state index in [-0.39, 0.29) is 5.91 Å². The van der Waals surface area contributed by atoms with E-state index < -0.39 is 0 Å². The van der Waals surface area contributed by atoms with Crippen LogP contribution in [0.4, 0.5) is 0 Å². The van der Waals surface area contributed by atoms with Gasteiger partial charge >= 0.3 is 0 Å². The molecule has 0 bridgehead atoms. The van der Waals surface area contributed by atoms with Gasteiger partial charge in [-0.25, -0.2) is 0 Å². The van der Waals surface area contributed by atoms with E-state index in [1.54, 1.807) is 0 Å². The molecule has 0 aromatic heterocycles. The Morgan fingerprint density at radius 1 is 0.850 bits per heavy atom. The summed E-state index contributed by atoms with van der Waals surface area (Å²) >= 11 is 0. The van der Waals surface area contributed by atoms with Gasteiger partial charge in [-0.05, 0) is 50.0 Å². The van der Waals surface area contributed by atoms with Gasteiger partial charge in [-0.1, -0.05) is 44.6 Å². The van der Waals surface area contributed by atoms with Gasteiger partial charge in [-0.3, -0.25) is 4.79 Å². The van der Waals surface area contributed by atoms with Gasteiger partial charge < -0.3 is 4.90 Å². The summed E-state index contributed by atoms with van der Waals surface area (Å²) < 4.78 is 0. The second-order valence-corrected chi connectivity index (χ2v) is 7.04. The molecule has 2 saturated carbocycles. The van der Waals surface area contributed by atoms with Crippen LogP contribution < -0.4 is 0 Å². The van der Waals surface area contributed by atoms with E-state index >= 15 is 0 Å². The van der Waals surface area contributed by atoms with Crippen molar-refractivity contribution in [2.75, 3.05) is 6.54 Å². The van der Waals surface area contributed by atoms with Crippen molar-refractivity contribution in [1.82, 2.24) is 4.90 Å². The summed E-state index contributed by atoms with van der Waals surface area (Å²) in [5, 5.41) is 0. The van der Waals surface area contributed by atoms with Gasteiger partial charge in [0, 0.05) is 12.6 Å². The third-order valence-electron chi connectivity index (χ3n) is 5.70. The third-order valence-corrected chi connectivity index (χ3v) is 5.70. The number of hydrogen-bond donors (Lipinski definition) is 0. The zero-order valence-electron chi connectivity index (χ0n) is 12.7. The summed E-state index contributed by atoms with van der Waals surface area (Å²) in [5.74, 6) is 1.75. The van der Waals surface area contributed by atoms with Gasteiger partial charge in [0.25, 0.3) is 0 Å². The molecule has 0 aromatic rings. The Hall–Kier alpha value is -0.790. The molecule has 1 heterocycles. The van der Waals surface area contributed by atoms with Crippen LogP contribution in [0.3, 0.4) is 0 Å². The van der Waals surface area contributed by atoms with Crippen molar-refractivity contribution in [2.24, 2.45) is 11.8 Å². The molecule has 1 atom stereocenters. The SMILES string of the molecule is O=C(/C=C/C1CCCCC1)N1CCC1C1CCCCC1. The molecule has 0 spiro atoms. The van der Waals surface area contributed by atoms with Gasteiger partial charge in [0.1, 0.15) is 0 Å². The number of allylic oxidation sites excluding steroid dienone is 1. The first-order valence-corrected chi connectivity index (χ1v) is 8.83. The molecule has 3 rings (SSSR count). The van der Waals surface area contributed by atoms with E-state index in [4.69, 9.17) is 0 Å². The lowest BCUT2D eigenvalue weighted by Crippen LogP contribution is -2.54. The molecule has 0 aromatic carbocycles. The van der Waals surface area contributed by atoms with Crippen LogP contribution in [0.25, 0.3) is 0 Å². The van der Waals surface area contributed by atoms with E-state index in [1.165, 1.54) is 70.6 Å². The first-order valence-electron chi connectivity index (χ1n) is 8.83. The Kier molecular flexibility index (Phi) is 4.80. The molecule has 1 aliphatic heterocycles. The van der Waals surface area contributed by atoms with Crippen LogP contribution >= 0.6 is 0 Å². The maximum absolute atomic E-state index is 12.4. The van der Waals surface area contributed by atoms with Crippen LogP contribution in [-0.2, 0) is 4.79 Å². The third kappa shape index (κ3) is 3.27. The Morgan fingerprint density at radius 2 is 1.50 bits per heavy atom. The molecule has 3 aliphatic rings. The fourth-order valence-electron chi connectivity index (χ4n) is 4.33. The highest BCUT2D eigenvalue weighted by Crippen LogP contribution is 2.35. The van der Waals surface area contributed by atoms with Gasteiger partial charge in [0.05, 0.1) is 0 Å². The maximum Gasteiger partial charge on any atom is 0.246 e. The number of carbonyl (C=O) groups is 1. The minimum Gasteiger partial charge on any atom is -0.336 e. The van der Waals surface area contributed by atoms with Crippen LogP contribution in [-0.4, -0.2) is 23.4 Å². The number of carbonyl (C=O) groups excluding carboxylic acids is 1. The molecule has 0 radical (unpaired) electrons. The lowest BCUT2D eigenvalue weighted by Gasteiger charge is -2.46. The zero-order valence-corrected chi connectivity index (χ0v) is 12.7. The van der Waals surface area contributed by atoms with Crippen molar-refractivity contribution in [1.29, 1.82) is 0 Å². The molecular weight excluding hydrogens is 246 g/mol. The highest BCUT2D eigenvalue weighted by Gasteiger charge is 2.37. The van der Waals surface area contributed by atoms with Crippen molar-refractivity contribution in [2.45, 2.75) is 76.7 Å². The van der Waals surface area contributed by atoms with Crippen molar-refractivity contribution >= 4 is 5.91 Å². The summed E-state index contributed by atoms with van der Waals surface area (Å²) in [6.07, 6.45) is 18.8. The summed E-state index contributed by atoms with van der Waals surface area (Å²) in [5.41, 5.74) is 0. The monoisotopic (exact) mass is 275 g/mol. The number of nitrogens with zero attached hydrogens (tertiary/aromatic N) is 1. The van der Waals surface area contributed by atoms with Crippen LogP contribution in [0.2, 0.25) is 0 Å². The predicted octanol–water partition coefficient (Wildman–Crippen LogP) is 4.30. The number of rotatable bonds is 3. The first-order chi connectivity index (χ1) is 9.84. The molecule has 112 valence electrons. The lowest BCUT2D eigenvalue weighted by atomic mass is 9.78. The zero-order chi connectivity index (χ0) is 13.8. The first kappa shape index (κ1) is 14.2. The fourth-order valence-corrected chi connectivity index (χ4v) is 4.33. The van der Waals surface area contributed by atoms with E-state index in [2.05, 4.69) is 11.0 Å². The molecule has 2 heteroatoms. The summed E-state index contributed by atoms with van der Waals surface area (Å²) in [6, 6.07) is 0.568. The average Bonchev–Trinajstić information content (AvgIpc) is 2.46. The van der Waals surface area contributed by atoms with E-state index in [0.29, 0.717) is 12.0 Å². The van der Waals surface area contributed by atoms with Gasteiger partial charge in [0.15, 0.2) is 0 Å². The molecule has 1 unspecified atom stereocenters. The van der Waals surface area contributed by atoms with Crippen LogP contribution in [0.1, 0.15) is 70.6 Å². The van der Waals surface area contributed by atoms with Crippen molar-refractivity contribution in [3.63, 3.8) is 0 Å². The molecule has 20 heavy (non-hydrogen) atoms. The Labute approximate surface area is 123 Å². The minimum atomic E-state index is 0.289. The number of hydrogen-bond acceptors (Lipinski definition) is 1. The molecule has 2 nitrogen and oxygen atoms in total.